The highest BCUT2D eigenvalue weighted by atomic mass is 32.2. The Balaban J connectivity index is 2.14. The van der Waals surface area contributed by atoms with Crippen molar-refractivity contribution in [1.29, 1.82) is 0 Å². The van der Waals surface area contributed by atoms with E-state index in [0.29, 0.717) is 5.88 Å². The molecule has 0 saturated heterocycles. The first-order valence-corrected chi connectivity index (χ1v) is 7.52. The van der Waals surface area contributed by atoms with Crippen LogP contribution in [0, 0.1) is 0 Å². The van der Waals surface area contributed by atoms with Crippen LogP contribution in [0.1, 0.15) is 12.5 Å². The number of ether oxygens (including phenoxy) is 1. The lowest BCUT2D eigenvalue weighted by molar-refractivity contribution is 0.451. The highest BCUT2D eigenvalue weighted by molar-refractivity contribution is 7.98. The second-order valence-electron chi connectivity index (χ2n) is 4.04. The van der Waals surface area contributed by atoms with Gasteiger partial charge in [-0.05, 0) is 36.6 Å². The normalized spacial score (nSPS) is 10.4. The summed E-state index contributed by atoms with van der Waals surface area (Å²) in [5, 5.41) is 3.29. The Morgan fingerprint density at radius 2 is 2.11 bits per heavy atom. The van der Waals surface area contributed by atoms with E-state index < -0.39 is 0 Å². The summed E-state index contributed by atoms with van der Waals surface area (Å²) in [6, 6.07) is 12.0. The molecule has 0 unspecified atom stereocenters. The molecule has 0 aliphatic heterocycles. The van der Waals surface area contributed by atoms with E-state index in [1.165, 1.54) is 5.56 Å². The molecule has 0 bridgehead atoms. The van der Waals surface area contributed by atoms with Crippen molar-refractivity contribution in [2.75, 3.05) is 12.8 Å². The molecule has 0 amide bonds. The summed E-state index contributed by atoms with van der Waals surface area (Å²) in [5.74, 6) is 1.49. The van der Waals surface area contributed by atoms with Gasteiger partial charge >= 0.3 is 0 Å². The average Bonchev–Trinajstić information content (AvgIpc) is 2.46. The van der Waals surface area contributed by atoms with E-state index in [4.69, 9.17) is 4.74 Å². The Morgan fingerprint density at radius 1 is 1.26 bits per heavy atom. The summed E-state index contributed by atoms with van der Waals surface area (Å²) in [4.78, 5) is 5.37. The van der Waals surface area contributed by atoms with Crippen LogP contribution in [0.3, 0.4) is 0 Å². The zero-order valence-corrected chi connectivity index (χ0v) is 12.0. The van der Waals surface area contributed by atoms with E-state index in [1.54, 1.807) is 18.0 Å². The molecule has 3 nitrogen and oxygen atoms in total. The lowest BCUT2D eigenvalue weighted by Gasteiger charge is -2.09. The topological polar surface area (TPSA) is 34.2 Å². The van der Waals surface area contributed by atoms with E-state index in [1.807, 2.05) is 42.7 Å². The predicted molar refractivity (Wildman–Crippen MR) is 79.9 cm³/mol. The molecule has 0 atom stereocenters. The molecular weight excluding hydrogens is 256 g/mol. The van der Waals surface area contributed by atoms with Crippen LogP contribution >= 0.6 is 11.8 Å². The van der Waals surface area contributed by atoms with Crippen LogP contribution in [0.5, 0.6) is 11.6 Å². The molecule has 0 radical (unpaired) electrons. The SMILES string of the molecule is CCNCc1ccnc(Oc2ccccc2SC)c1. The maximum Gasteiger partial charge on any atom is 0.219 e. The van der Waals surface area contributed by atoms with Gasteiger partial charge in [0.05, 0.1) is 0 Å². The van der Waals surface area contributed by atoms with Gasteiger partial charge in [-0.3, -0.25) is 0 Å². The van der Waals surface area contributed by atoms with Gasteiger partial charge in [-0.25, -0.2) is 4.98 Å². The number of nitrogens with zero attached hydrogens (tertiary/aromatic N) is 1. The second kappa shape index (κ2) is 7.16. The monoisotopic (exact) mass is 274 g/mol. The van der Waals surface area contributed by atoms with E-state index >= 15 is 0 Å². The van der Waals surface area contributed by atoms with Crippen LogP contribution in [-0.4, -0.2) is 17.8 Å². The third kappa shape index (κ3) is 3.98. The Labute approximate surface area is 118 Å². The van der Waals surface area contributed by atoms with E-state index in [9.17, 15) is 0 Å². The van der Waals surface area contributed by atoms with Gasteiger partial charge in [0.1, 0.15) is 5.75 Å². The number of hydrogen-bond acceptors (Lipinski definition) is 4. The minimum Gasteiger partial charge on any atom is -0.438 e. The molecular formula is C15H18N2OS. The van der Waals surface area contributed by atoms with Crippen molar-refractivity contribution >= 4 is 11.8 Å². The molecule has 1 N–H and O–H groups in total. The van der Waals surface area contributed by atoms with Crippen molar-refractivity contribution in [1.82, 2.24) is 10.3 Å². The summed E-state index contributed by atoms with van der Waals surface area (Å²) in [6.07, 6.45) is 3.82. The maximum absolute atomic E-state index is 5.86. The summed E-state index contributed by atoms with van der Waals surface area (Å²) < 4.78 is 5.86. The summed E-state index contributed by atoms with van der Waals surface area (Å²) >= 11 is 1.67. The van der Waals surface area contributed by atoms with Gasteiger partial charge in [-0.15, -0.1) is 11.8 Å². The van der Waals surface area contributed by atoms with Gasteiger partial charge in [0, 0.05) is 23.7 Å². The highest BCUT2D eigenvalue weighted by Gasteiger charge is 2.04. The second-order valence-corrected chi connectivity index (χ2v) is 4.88. The van der Waals surface area contributed by atoms with Gasteiger partial charge in [0.2, 0.25) is 5.88 Å². The number of thioether (sulfide) groups is 1. The molecule has 2 aromatic rings. The molecule has 1 heterocycles. The number of rotatable bonds is 6. The zero-order valence-electron chi connectivity index (χ0n) is 11.2. The summed E-state index contributed by atoms with van der Waals surface area (Å²) in [5.41, 5.74) is 1.17. The van der Waals surface area contributed by atoms with Crippen molar-refractivity contribution in [2.45, 2.75) is 18.4 Å². The van der Waals surface area contributed by atoms with E-state index in [-0.39, 0.29) is 0 Å². The molecule has 0 fully saturated rings. The number of pyridine rings is 1. The largest absolute Gasteiger partial charge is 0.438 e. The fraction of sp³-hybridized carbons (Fsp3) is 0.267. The Morgan fingerprint density at radius 3 is 2.89 bits per heavy atom. The molecule has 0 saturated carbocycles. The molecule has 2 rings (SSSR count). The van der Waals surface area contributed by atoms with Gasteiger partial charge in [0.25, 0.3) is 0 Å². The molecule has 4 heteroatoms. The molecule has 0 spiro atoms. The third-order valence-electron chi connectivity index (χ3n) is 2.66. The molecule has 0 aliphatic rings. The predicted octanol–water partition coefficient (Wildman–Crippen LogP) is 3.71. The molecule has 1 aromatic heterocycles. The molecule has 1 aromatic carbocycles. The van der Waals surface area contributed by atoms with Crippen LogP contribution in [0.4, 0.5) is 0 Å². The maximum atomic E-state index is 5.86. The smallest absolute Gasteiger partial charge is 0.219 e. The number of para-hydroxylation sites is 1. The summed E-state index contributed by atoms with van der Waals surface area (Å²) in [6.45, 7) is 3.88. The minimum atomic E-state index is 0.636. The number of aromatic nitrogens is 1. The number of nitrogens with one attached hydrogen (secondary N) is 1. The van der Waals surface area contributed by atoms with Crippen LogP contribution < -0.4 is 10.1 Å². The van der Waals surface area contributed by atoms with Crippen molar-refractivity contribution in [3.63, 3.8) is 0 Å². The highest BCUT2D eigenvalue weighted by Crippen LogP contribution is 2.30. The first kappa shape index (κ1) is 13.9. The van der Waals surface area contributed by atoms with Crippen molar-refractivity contribution in [3.05, 3.63) is 48.2 Å². The van der Waals surface area contributed by atoms with Crippen molar-refractivity contribution in [2.24, 2.45) is 0 Å². The quantitative estimate of drug-likeness (QED) is 0.814. The number of benzene rings is 1. The van der Waals surface area contributed by atoms with Gasteiger partial charge in [0.15, 0.2) is 0 Å². The first-order chi connectivity index (χ1) is 9.33. The fourth-order valence-corrected chi connectivity index (χ4v) is 2.23. The van der Waals surface area contributed by atoms with Crippen LogP contribution in [0.15, 0.2) is 47.5 Å². The van der Waals surface area contributed by atoms with E-state index in [0.717, 1.165) is 23.7 Å². The van der Waals surface area contributed by atoms with Gasteiger partial charge in [-0.2, -0.15) is 0 Å². The first-order valence-electron chi connectivity index (χ1n) is 6.30. The molecule has 100 valence electrons. The Hall–Kier alpha value is -1.52. The van der Waals surface area contributed by atoms with Gasteiger partial charge in [-0.1, -0.05) is 19.1 Å². The third-order valence-corrected chi connectivity index (χ3v) is 3.44. The minimum absolute atomic E-state index is 0.636. The average molecular weight is 274 g/mol. The number of hydrogen-bond donors (Lipinski definition) is 1. The van der Waals surface area contributed by atoms with Crippen molar-refractivity contribution < 1.29 is 4.74 Å². The summed E-state index contributed by atoms with van der Waals surface area (Å²) in [7, 11) is 0. The van der Waals surface area contributed by atoms with Crippen LogP contribution in [0.25, 0.3) is 0 Å². The molecule has 19 heavy (non-hydrogen) atoms. The lowest BCUT2D eigenvalue weighted by atomic mass is 10.2. The van der Waals surface area contributed by atoms with E-state index in [2.05, 4.69) is 17.2 Å². The fourth-order valence-electron chi connectivity index (χ4n) is 1.70. The van der Waals surface area contributed by atoms with Crippen molar-refractivity contribution in [3.8, 4) is 11.6 Å². The van der Waals surface area contributed by atoms with Gasteiger partial charge < -0.3 is 10.1 Å². The zero-order chi connectivity index (χ0) is 13.5. The van der Waals surface area contributed by atoms with Crippen LogP contribution in [0.2, 0.25) is 0 Å². The Kier molecular flexibility index (Phi) is 5.24. The lowest BCUT2D eigenvalue weighted by Crippen LogP contribution is -2.11. The van der Waals surface area contributed by atoms with Crippen LogP contribution in [-0.2, 0) is 6.54 Å². The Bertz CT molecular complexity index is 531. The standard InChI is InChI=1S/C15H18N2OS/c1-3-16-11-12-8-9-17-15(10-12)18-13-6-4-5-7-14(13)19-2/h4-10,16H,3,11H2,1-2H3. The molecule has 0 aliphatic carbocycles.